The minimum absolute atomic E-state index is 0.142. The smallest absolute Gasteiger partial charge is 0.338 e. The van der Waals surface area contributed by atoms with Crippen LogP contribution in [0.5, 0.6) is 0 Å². The highest BCUT2D eigenvalue weighted by Gasteiger charge is 2.31. The molecule has 1 aromatic rings. The average molecular weight is 250 g/mol. The van der Waals surface area contributed by atoms with Crippen LogP contribution < -0.4 is 0 Å². The summed E-state index contributed by atoms with van der Waals surface area (Å²) in [6, 6.07) is 8.99. The van der Waals surface area contributed by atoms with E-state index in [0.29, 0.717) is 5.56 Å². The molecule has 0 saturated carbocycles. The molecular formula is C14H18O4. The molecule has 18 heavy (non-hydrogen) atoms. The molecule has 1 aromatic carbocycles. The number of carbonyl (C=O) groups excluding carboxylic acids is 1. The van der Waals surface area contributed by atoms with Gasteiger partial charge in [-0.2, -0.15) is 0 Å². The average Bonchev–Trinajstić information content (AvgIpc) is 2.42. The molecule has 0 unspecified atom stereocenters. The van der Waals surface area contributed by atoms with Gasteiger partial charge in [0.05, 0.1) is 11.7 Å². The zero-order chi connectivity index (χ0) is 13.0. The van der Waals surface area contributed by atoms with Crippen molar-refractivity contribution in [3.05, 3.63) is 35.9 Å². The highest BCUT2D eigenvalue weighted by molar-refractivity contribution is 5.89. The Balaban J connectivity index is 1.92. The second kappa shape index (κ2) is 5.98. The third-order valence-corrected chi connectivity index (χ3v) is 3.11. The van der Waals surface area contributed by atoms with Crippen LogP contribution in [-0.2, 0) is 14.2 Å². The van der Waals surface area contributed by atoms with Crippen LogP contribution in [-0.4, -0.2) is 31.6 Å². The highest BCUT2D eigenvalue weighted by Crippen LogP contribution is 2.23. The van der Waals surface area contributed by atoms with Gasteiger partial charge in [-0.1, -0.05) is 18.2 Å². The normalized spacial score (nSPS) is 27.8. The van der Waals surface area contributed by atoms with Gasteiger partial charge in [0.1, 0.15) is 6.10 Å². The Labute approximate surface area is 107 Å². The molecule has 3 atom stereocenters. The van der Waals surface area contributed by atoms with E-state index in [1.54, 1.807) is 19.2 Å². The Bertz CT molecular complexity index is 390. The zero-order valence-electron chi connectivity index (χ0n) is 10.7. The van der Waals surface area contributed by atoms with Crippen LogP contribution in [0.15, 0.2) is 30.3 Å². The van der Waals surface area contributed by atoms with Crippen LogP contribution in [0.2, 0.25) is 0 Å². The Hall–Kier alpha value is -1.39. The van der Waals surface area contributed by atoms with Crippen molar-refractivity contribution in [2.24, 2.45) is 0 Å². The van der Waals surface area contributed by atoms with Crippen LogP contribution in [0.3, 0.4) is 0 Å². The Morgan fingerprint density at radius 3 is 2.61 bits per heavy atom. The maximum atomic E-state index is 11.9. The summed E-state index contributed by atoms with van der Waals surface area (Å²) >= 11 is 0. The van der Waals surface area contributed by atoms with E-state index in [2.05, 4.69) is 0 Å². The standard InChI is InChI=1S/C14H18O4/c1-10-12(8-9-13(16-2)17-10)18-14(15)11-6-4-3-5-7-11/h3-7,10,12-13H,8-9H2,1-2H3/t10-,12+,13-/m1/s1. The highest BCUT2D eigenvalue weighted by atomic mass is 16.7. The lowest BCUT2D eigenvalue weighted by molar-refractivity contribution is -0.206. The summed E-state index contributed by atoms with van der Waals surface area (Å²) in [5, 5.41) is 0. The second-order valence-corrected chi connectivity index (χ2v) is 4.39. The third-order valence-electron chi connectivity index (χ3n) is 3.11. The largest absolute Gasteiger partial charge is 0.456 e. The lowest BCUT2D eigenvalue weighted by Gasteiger charge is -2.33. The lowest BCUT2D eigenvalue weighted by atomic mass is 10.1. The predicted octanol–water partition coefficient (Wildman–Crippen LogP) is 2.38. The first-order valence-corrected chi connectivity index (χ1v) is 6.15. The fourth-order valence-electron chi connectivity index (χ4n) is 2.04. The van der Waals surface area contributed by atoms with E-state index in [-0.39, 0.29) is 24.5 Å². The Kier molecular flexibility index (Phi) is 4.33. The van der Waals surface area contributed by atoms with Crippen molar-refractivity contribution in [1.29, 1.82) is 0 Å². The first-order valence-electron chi connectivity index (χ1n) is 6.15. The number of hydrogen-bond donors (Lipinski definition) is 0. The van der Waals surface area contributed by atoms with Crippen LogP contribution in [0.4, 0.5) is 0 Å². The van der Waals surface area contributed by atoms with E-state index in [0.717, 1.165) is 12.8 Å². The van der Waals surface area contributed by atoms with Crippen LogP contribution in [0.1, 0.15) is 30.1 Å². The zero-order valence-corrected chi connectivity index (χ0v) is 10.7. The number of methoxy groups -OCH3 is 1. The number of rotatable bonds is 3. The minimum Gasteiger partial charge on any atom is -0.456 e. The molecule has 0 aromatic heterocycles. The number of hydrogen-bond acceptors (Lipinski definition) is 4. The minimum atomic E-state index is -0.299. The SMILES string of the molecule is CO[C@H]1CC[C@H](OC(=O)c2ccccc2)[C@@H](C)O1. The van der Waals surface area contributed by atoms with Crippen molar-refractivity contribution in [2.75, 3.05) is 7.11 Å². The van der Waals surface area contributed by atoms with Gasteiger partial charge in [0.25, 0.3) is 0 Å². The first kappa shape index (κ1) is 13.1. The molecule has 1 heterocycles. The molecule has 0 aliphatic carbocycles. The van der Waals surface area contributed by atoms with Crippen LogP contribution in [0.25, 0.3) is 0 Å². The topological polar surface area (TPSA) is 44.8 Å². The number of carbonyl (C=O) groups is 1. The Morgan fingerprint density at radius 1 is 1.28 bits per heavy atom. The van der Waals surface area contributed by atoms with Gasteiger partial charge >= 0.3 is 5.97 Å². The van der Waals surface area contributed by atoms with Crippen molar-refractivity contribution < 1.29 is 19.0 Å². The van der Waals surface area contributed by atoms with Crippen molar-refractivity contribution in [3.63, 3.8) is 0 Å². The summed E-state index contributed by atoms with van der Waals surface area (Å²) in [7, 11) is 1.62. The van der Waals surface area contributed by atoms with Crippen LogP contribution >= 0.6 is 0 Å². The molecular weight excluding hydrogens is 232 g/mol. The third kappa shape index (κ3) is 3.09. The maximum absolute atomic E-state index is 11.9. The van der Waals surface area contributed by atoms with Gasteiger partial charge < -0.3 is 14.2 Å². The van der Waals surface area contributed by atoms with E-state index in [1.807, 2.05) is 25.1 Å². The van der Waals surface area contributed by atoms with E-state index in [4.69, 9.17) is 14.2 Å². The molecule has 0 bridgehead atoms. The molecule has 4 nitrogen and oxygen atoms in total. The van der Waals surface area contributed by atoms with E-state index in [9.17, 15) is 4.79 Å². The van der Waals surface area contributed by atoms with Crippen molar-refractivity contribution in [2.45, 2.75) is 38.3 Å². The molecule has 0 radical (unpaired) electrons. The number of esters is 1. The van der Waals surface area contributed by atoms with E-state index < -0.39 is 0 Å². The fourth-order valence-corrected chi connectivity index (χ4v) is 2.04. The van der Waals surface area contributed by atoms with Crippen molar-refractivity contribution in [3.8, 4) is 0 Å². The summed E-state index contributed by atoms with van der Waals surface area (Å²) < 4.78 is 16.2. The van der Waals surface area contributed by atoms with Crippen molar-refractivity contribution >= 4 is 5.97 Å². The molecule has 98 valence electrons. The maximum Gasteiger partial charge on any atom is 0.338 e. The molecule has 1 aliphatic heterocycles. The molecule has 1 aliphatic rings. The summed E-state index contributed by atoms with van der Waals surface area (Å²) in [5.74, 6) is -0.299. The molecule has 0 amide bonds. The molecule has 2 rings (SSSR count). The molecule has 0 N–H and O–H groups in total. The van der Waals surface area contributed by atoms with Gasteiger partial charge in [-0.3, -0.25) is 0 Å². The van der Waals surface area contributed by atoms with E-state index in [1.165, 1.54) is 0 Å². The summed E-state index contributed by atoms with van der Waals surface area (Å²) in [5.41, 5.74) is 0.568. The van der Waals surface area contributed by atoms with Gasteiger partial charge in [-0.15, -0.1) is 0 Å². The van der Waals surface area contributed by atoms with Gasteiger partial charge in [0.2, 0.25) is 0 Å². The van der Waals surface area contributed by atoms with Crippen molar-refractivity contribution in [1.82, 2.24) is 0 Å². The lowest BCUT2D eigenvalue weighted by Crippen LogP contribution is -2.40. The number of benzene rings is 1. The summed E-state index contributed by atoms with van der Waals surface area (Å²) in [6.07, 6.45) is 0.971. The first-order chi connectivity index (χ1) is 8.70. The van der Waals surface area contributed by atoms with Gasteiger partial charge in [-0.05, 0) is 25.5 Å². The summed E-state index contributed by atoms with van der Waals surface area (Å²) in [6.45, 7) is 1.90. The second-order valence-electron chi connectivity index (χ2n) is 4.39. The molecule has 4 heteroatoms. The van der Waals surface area contributed by atoms with Gasteiger partial charge in [0, 0.05) is 13.5 Å². The van der Waals surface area contributed by atoms with E-state index >= 15 is 0 Å². The summed E-state index contributed by atoms with van der Waals surface area (Å²) in [4.78, 5) is 11.9. The number of ether oxygens (including phenoxy) is 3. The fraction of sp³-hybridized carbons (Fsp3) is 0.500. The predicted molar refractivity (Wildman–Crippen MR) is 66.2 cm³/mol. The van der Waals surface area contributed by atoms with Gasteiger partial charge in [-0.25, -0.2) is 4.79 Å². The quantitative estimate of drug-likeness (QED) is 0.773. The van der Waals surface area contributed by atoms with Crippen LogP contribution in [0, 0.1) is 0 Å². The van der Waals surface area contributed by atoms with Gasteiger partial charge in [0.15, 0.2) is 6.29 Å². The molecule has 1 saturated heterocycles. The Morgan fingerprint density at radius 2 is 2.00 bits per heavy atom. The monoisotopic (exact) mass is 250 g/mol. The molecule has 1 fully saturated rings. The molecule has 0 spiro atoms.